The molecule has 4 bridgehead atoms. The third-order valence-corrected chi connectivity index (χ3v) is 7.77. The molecule has 2 nitrogen and oxygen atoms in total. The smallest absolute Gasteiger partial charge is 0.227 e. The quantitative estimate of drug-likeness (QED) is 0.774. The van der Waals surface area contributed by atoms with Gasteiger partial charge in [-0.1, -0.05) is 22.0 Å². The number of nitrogens with one attached hydrogen (secondary N) is 1. The minimum atomic E-state index is 0.0587. The van der Waals surface area contributed by atoms with Gasteiger partial charge in [-0.15, -0.1) is 0 Å². The van der Waals surface area contributed by atoms with Crippen LogP contribution in [0.25, 0.3) is 0 Å². The van der Waals surface area contributed by atoms with Gasteiger partial charge in [0.05, 0.1) is 5.92 Å². The molecule has 3 heteroatoms. The molecule has 1 aromatic rings. The summed E-state index contributed by atoms with van der Waals surface area (Å²) >= 11 is 3.58. The molecule has 0 saturated heterocycles. The largest absolute Gasteiger partial charge is 0.352 e. The van der Waals surface area contributed by atoms with Gasteiger partial charge in [-0.2, -0.15) is 0 Å². The third kappa shape index (κ3) is 2.55. The van der Waals surface area contributed by atoms with Gasteiger partial charge in [-0.3, -0.25) is 4.79 Å². The minimum Gasteiger partial charge on any atom is -0.352 e. The van der Waals surface area contributed by atoms with Crippen molar-refractivity contribution in [2.75, 3.05) is 0 Å². The van der Waals surface area contributed by atoms with Crippen LogP contribution in [0.1, 0.15) is 62.0 Å². The van der Waals surface area contributed by atoms with E-state index in [-0.39, 0.29) is 5.92 Å². The summed E-state index contributed by atoms with van der Waals surface area (Å²) in [5, 5.41) is 3.54. The van der Waals surface area contributed by atoms with Crippen molar-refractivity contribution in [2.24, 2.45) is 23.7 Å². The van der Waals surface area contributed by atoms with Crippen molar-refractivity contribution in [2.45, 2.75) is 63.3 Å². The summed E-state index contributed by atoms with van der Waals surface area (Å²) in [6.07, 6.45) is 10.2. The van der Waals surface area contributed by atoms with Gasteiger partial charge >= 0.3 is 0 Å². The van der Waals surface area contributed by atoms with Crippen LogP contribution in [0.4, 0.5) is 0 Å². The van der Waals surface area contributed by atoms with E-state index in [0.717, 1.165) is 47.4 Å². The molecule has 4 fully saturated rings. The molecule has 0 aliphatic heterocycles. The molecule has 1 amide bonds. The summed E-state index contributed by atoms with van der Waals surface area (Å²) in [6, 6.07) is 6.94. The Morgan fingerprint density at radius 1 is 1.04 bits per heavy atom. The molecule has 0 spiro atoms. The number of benzene rings is 1. The SMILES string of the molecule is O=C(NC1C2CC3CC(C2)CC1C3)C1CCCc2ccc(Br)cc21. The second-order valence-electron chi connectivity index (χ2n) is 8.75. The molecule has 1 unspecified atom stereocenters. The van der Waals surface area contributed by atoms with E-state index >= 15 is 0 Å². The first-order valence-corrected chi connectivity index (χ1v) is 10.6. The maximum Gasteiger partial charge on any atom is 0.227 e. The zero-order valence-corrected chi connectivity index (χ0v) is 15.7. The van der Waals surface area contributed by atoms with Gasteiger partial charge in [0.15, 0.2) is 0 Å². The van der Waals surface area contributed by atoms with Crippen LogP contribution < -0.4 is 5.32 Å². The van der Waals surface area contributed by atoms with Gasteiger partial charge in [0.25, 0.3) is 0 Å². The lowest BCUT2D eigenvalue weighted by molar-refractivity contribution is -0.126. The summed E-state index contributed by atoms with van der Waals surface area (Å²) in [4.78, 5) is 13.1. The van der Waals surface area contributed by atoms with Gasteiger partial charge in [-0.25, -0.2) is 0 Å². The number of hydrogen-bond donors (Lipinski definition) is 1. The number of halogens is 1. The molecule has 0 radical (unpaired) electrons. The van der Waals surface area contributed by atoms with E-state index in [1.54, 1.807) is 0 Å². The molecule has 128 valence electrons. The van der Waals surface area contributed by atoms with Gasteiger partial charge in [0, 0.05) is 10.5 Å². The van der Waals surface area contributed by atoms with Crippen molar-refractivity contribution < 1.29 is 4.79 Å². The zero-order chi connectivity index (χ0) is 16.3. The van der Waals surface area contributed by atoms with Crippen LogP contribution in [0.3, 0.4) is 0 Å². The van der Waals surface area contributed by atoms with Crippen LogP contribution >= 0.6 is 15.9 Å². The number of hydrogen-bond acceptors (Lipinski definition) is 1. The summed E-state index contributed by atoms with van der Waals surface area (Å²) < 4.78 is 1.09. The average molecular weight is 388 g/mol. The van der Waals surface area contributed by atoms with Gasteiger partial charge in [0.1, 0.15) is 0 Å². The number of amides is 1. The molecule has 6 rings (SSSR count). The standard InChI is InChI=1S/C21H26BrNO/c22-17-5-4-14-2-1-3-18(19(14)11-17)21(24)23-20-15-7-12-6-13(9-15)10-16(20)8-12/h4-5,11-13,15-16,18,20H,1-3,6-10H2,(H,23,24). The molecule has 24 heavy (non-hydrogen) atoms. The molecule has 4 saturated carbocycles. The summed E-state index contributed by atoms with van der Waals surface area (Å²) in [7, 11) is 0. The summed E-state index contributed by atoms with van der Waals surface area (Å²) in [5.41, 5.74) is 2.63. The van der Waals surface area contributed by atoms with Crippen LogP contribution in [0.15, 0.2) is 22.7 Å². The highest BCUT2D eigenvalue weighted by molar-refractivity contribution is 9.10. The Morgan fingerprint density at radius 2 is 1.75 bits per heavy atom. The topological polar surface area (TPSA) is 29.1 Å². The zero-order valence-electron chi connectivity index (χ0n) is 14.1. The molecular formula is C21H26BrNO. The van der Waals surface area contributed by atoms with Crippen LogP contribution in [-0.4, -0.2) is 11.9 Å². The first-order chi connectivity index (χ1) is 11.7. The molecule has 5 aliphatic carbocycles. The fourth-order valence-corrected chi connectivity index (χ4v) is 6.85. The van der Waals surface area contributed by atoms with Crippen molar-refractivity contribution in [3.05, 3.63) is 33.8 Å². The molecule has 1 aromatic carbocycles. The second kappa shape index (κ2) is 5.86. The number of fused-ring (bicyclic) bond motifs is 1. The third-order valence-electron chi connectivity index (χ3n) is 7.27. The van der Waals surface area contributed by atoms with E-state index in [1.165, 1.54) is 43.2 Å². The van der Waals surface area contributed by atoms with Crippen LogP contribution in [-0.2, 0) is 11.2 Å². The Hall–Kier alpha value is -0.830. The van der Waals surface area contributed by atoms with E-state index in [9.17, 15) is 4.79 Å². The van der Waals surface area contributed by atoms with E-state index in [4.69, 9.17) is 0 Å². The first-order valence-electron chi connectivity index (χ1n) is 9.76. The first kappa shape index (κ1) is 15.4. The summed E-state index contributed by atoms with van der Waals surface area (Å²) in [5.74, 6) is 3.81. The monoisotopic (exact) mass is 387 g/mol. The normalized spacial score (nSPS) is 39.5. The molecule has 1 N–H and O–H groups in total. The van der Waals surface area contributed by atoms with Crippen molar-refractivity contribution in [1.82, 2.24) is 5.32 Å². The Kier molecular flexibility index (Phi) is 3.77. The van der Waals surface area contributed by atoms with E-state index in [2.05, 4.69) is 39.4 Å². The van der Waals surface area contributed by atoms with E-state index < -0.39 is 0 Å². The molecule has 1 atom stereocenters. The van der Waals surface area contributed by atoms with Gasteiger partial charge in [-0.05, 0) is 98.3 Å². The summed E-state index contributed by atoms with van der Waals surface area (Å²) in [6.45, 7) is 0. The predicted molar refractivity (Wildman–Crippen MR) is 98.8 cm³/mol. The van der Waals surface area contributed by atoms with Crippen molar-refractivity contribution in [1.29, 1.82) is 0 Å². The lowest BCUT2D eigenvalue weighted by Gasteiger charge is -2.54. The maximum absolute atomic E-state index is 13.1. The van der Waals surface area contributed by atoms with Crippen molar-refractivity contribution >= 4 is 21.8 Å². The Balaban J connectivity index is 1.36. The lowest BCUT2D eigenvalue weighted by atomic mass is 9.54. The Morgan fingerprint density at radius 3 is 2.46 bits per heavy atom. The number of carbonyl (C=O) groups is 1. The number of aryl methyl sites for hydroxylation is 1. The van der Waals surface area contributed by atoms with Crippen molar-refractivity contribution in [3.8, 4) is 0 Å². The molecule has 0 heterocycles. The predicted octanol–water partition coefficient (Wildman–Crippen LogP) is 4.81. The Labute approximate surface area is 152 Å². The second-order valence-corrected chi connectivity index (χ2v) is 9.67. The van der Waals surface area contributed by atoms with E-state index in [0.29, 0.717) is 11.9 Å². The lowest BCUT2D eigenvalue weighted by Crippen LogP contribution is -2.56. The fraction of sp³-hybridized carbons (Fsp3) is 0.667. The van der Waals surface area contributed by atoms with Gasteiger partial charge < -0.3 is 5.32 Å². The number of carbonyl (C=O) groups excluding carboxylic acids is 1. The highest BCUT2D eigenvalue weighted by atomic mass is 79.9. The molecular weight excluding hydrogens is 362 g/mol. The van der Waals surface area contributed by atoms with Crippen LogP contribution in [0, 0.1) is 23.7 Å². The van der Waals surface area contributed by atoms with Crippen LogP contribution in [0.2, 0.25) is 0 Å². The average Bonchev–Trinajstić information content (AvgIpc) is 2.56. The highest BCUT2D eigenvalue weighted by Crippen LogP contribution is 2.53. The maximum atomic E-state index is 13.1. The van der Waals surface area contributed by atoms with Crippen LogP contribution in [0.5, 0.6) is 0 Å². The minimum absolute atomic E-state index is 0.0587. The molecule has 0 aromatic heterocycles. The number of rotatable bonds is 2. The fourth-order valence-electron chi connectivity index (χ4n) is 6.47. The molecule has 5 aliphatic rings. The van der Waals surface area contributed by atoms with E-state index in [1.807, 2.05) is 0 Å². The highest BCUT2D eigenvalue weighted by Gasteiger charge is 2.49. The Bertz CT molecular complexity index is 642. The van der Waals surface area contributed by atoms with Gasteiger partial charge in [0.2, 0.25) is 5.91 Å². The van der Waals surface area contributed by atoms with Crippen molar-refractivity contribution in [3.63, 3.8) is 0 Å².